The standard InChI is InChI=1S/C13H13NO4/c1-2-3-7-4-8-10(15)6-9(13(17)18)14-12(8)11(16)5-7/h4-6,16H,2-3H2,1H3,(H,14,15)(H,17,18). The van der Waals surface area contributed by atoms with Crippen LogP contribution in [0.15, 0.2) is 23.0 Å². The third-order valence-electron chi connectivity index (χ3n) is 2.75. The zero-order chi connectivity index (χ0) is 13.3. The molecular weight excluding hydrogens is 234 g/mol. The van der Waals surface area contributed by atoms with Gasteiger partial charge in [-0.25, -0.2) is 4.79 Å². The lowest BCUT2D eigenvalue weighted by Gasteiger charge is -2.06. The van der Waals surface area contributed by atoms with Gasteiger partial charge in [-0.05, 0) is 24.1 Å². The predicted molar refractivity (Wildman–Crippen MR) is 67.2 cm³/mol. The molecule has 0 fully saturated rings. The van der Waals surface area contributed by atoms with Crippen LogP contribution in [-0.4, -0.2) is 21.2 Å². The number of aromatic carboxylic acids is 1. The van der Waals surface area contributed by atoms with Crippen LogP contribution in [0.2, 0.25) is 0 Å². The normalized spacial score (nSPS) is 10.7. The third kappa shape index (κ3) is 2.07. The first-order chi connectivity index (χ1) is 8.52. The van der Waals surface area contributed by atoms with Crippen LogP contribution in [0.5, 0.6) is 5.75 Å². The number of fused-ring (bicyclic) bond motifs is 1. The number of aromatic nitrogens is 1. The number of pyridine rings is 1. The smallest absolute Gasteiger partial charge is 0.352 e. The Morgan fingerprint density at radius 1 is 1.33 bits per heavy atom. The van der Waals surface area contributed by atoms with Crippen molar-refractivity contribution < 1.29 is 15.0 Å². The Morgan fingerprint density at radius 3 is 2.67 bits per heavy atom. The van der Waals surface area contributed by atoms with Gasteiger partial charge < -0.3 is 15.2 Å². The van der Waals surface area contributed by atoms with Crippen molar-refractivity contribution in [2.45, 2.75) is 19.8 Å². The Hall–Kier alpha value is -2.30. The first-order valence-corrected chi connectivity index (χ1v) is 5.65. The number of carboxylic acids is 1. The Morgan fingerprint density at radius 2 is 2.06 bits per heavy atom. The molecule has 0 atom stereocenters. The summed E-state index contributed by atoms with van der Waals surface area (Å²) in [4.78, 5) is 25.2. The topological polar surface area (TPSA) is 90.4 Å². The van der Waals surface area contributed by atoms with Gasteiger partial charge in [0.05, 0.1) is 5.52 Å². The molecule has 1 aromatic carbocycles. The fourth-order valence-corrected chi connectivity index (χ4v) is 1.94. The number of H-pyrrole nitrogens is 1. The quantitative estimate of drug-likeness (QED) is 0.772. The maximum Gasteiger partial charge on any atom is 0.352 e. The molecule has 2 rings (SSSR count). The third-order valence-corrected chi connectivity index (χ3v) is 2.75. The molecule has 0 saturated carbocycles. The molecule has 2 aromatic rings. The SMILES string of the molecule is CCCc1cc(O)c2[nH]c(C(=O)O)cc(=O)c2c1. The molecule has 0 radical (unpaired) electrons. The highest BCUT2D eigenvalue weighted by Crippen LogP contribution is 2.23. The minimum absolute atomic E-state index is 0.101. The molecule has 94 valence electrons. The number of hydrogen-bond donors (Lipinski definition) is 3. The first-order valence-electron chi connectivity index (χ1n) is 5.65. The molecule has 1 heterocycles. The van der Waals surface area contributed by atoms with E-state index in [1.165, 1.54) is 0 Å². The zero-order valence-electron chi connectivity index (χ0n) is 9.86. The molecule has 0 aliphatic rings. The van der Waals surface area contributed by atoms with Gasteiger partial charge in [0.15, 0.2) is 5.43 Å². The van der Waals surface area contributed by atoms with Gasteiger partial charge in [-0.3, -0.25) is 4.79 Å². The fraction of sp³-hybridized carbons (Fsp3) is 0.231. The number of aryl methyl sites for hydroxylation is 1. The van der Waals surface area contributed by atoms with Crippen LogP contribution in [0.1, 0.15) is 29.4 Å². The van der Waals surface area contributed by atoms with Gasteiger partial charge in [0, 0.05) is 11.5 Å². The minimum Gasteiger partial charge on any atom is -0.506 e. The van der Waals surface area contributed by atoms with Crippen molar-refractivity contribution in [3.05, 3.63) is 39.7 Å². The van der Waals surface area contributed by atoms with Crippen molar-refractivity contribution in [2.24, 2.45) is 0 Å². The molecule has 1 aromatic heterocycles. The summed E-state index contributed by atoms with van der Waals surface area (Å²) in [7, 11) is 0. The van der Waals surface area contributed by atoms with Crippen molar-refractivity contribution >= 4 is 16.9 Å². The van der Waals surface area contributed by atoms with E-state index in [-0.39, 0.29) is 17.0 Å². The summed E-state index contributed by atoms with van der Waals surface area (Å²) >= 11 is 0. The van der Waals surface area contributed by atoms with E-state index in [4.69, 9.17) is 5.11 Å². The van der Waals surface area contributed by atoms with Crippen LogP contribution in [0, 0.1) is 0 Å². The summed E-state index contributed by atoms with van der Waals surface area (Å²) in [5, 5.41) is 19.0. The number of aromatic amines is 1. The Balaban J connectivity index is 2.75. The van der Waals surface area contributed by atoms with E-state index < -0.39 is 11.4 Å². The number of carbonyl (C=O) groups is 1. The second-order valence-electron chi connectivity index (χ2n) is 4.14. The van der Waals surface area contributed by atoms with Gasteiger partial charge in [-0.2, -0.15) is 0 Å². The number of rotatable bonds is 3. The van der Waals surface area contributed by atoms with Crippen LogP contribution in [0.25, 0.3) is 10.9 Å². The van der Waals surface area contributed by atoms with Gasteiger partial charge in [0.1, 0.15) is 11.4 Å². The molecule has 0 bridgehead atoms. The molecule has 0 unspecified atom stereocenters. The van der Waals surface area contributed by atoms with Crippen LogP contribution in [0.4, 0.5) is 0 Å². The Labute approximate surface area is 103 Å². The number of phenols is 1. The fourth-order valence-electron chi connectivity index (χ4n) is 1.94. The van der Waals surface area contributed by atoms with Gasteiger partial charge in [-0.15, -0.1) is 0 Å². The van der Waals surface area contributed by atoms with Gasteiger partial charge in [0.2, 0.25) is 0 Å². The lowest BCUT2D eigenvalue weighted by atomic mass is 10.1. The maximum atomic E-state index is 11.8. The molecule has 18 heavy (non-hydrogen) atoms. The monoisotopic (exact) mass is 247 g/mol. The van der Waals surface area contributed by atoms with Crippen molar-refractivity contribution in [3.8, 4) is 5.75 Å². The molecule has 0 amide bonds. The predicted octanol–water partition coefficient (Wildman–Crippen LogP) is 1.88. The average Bonchev–Trinajstić information content (AvgIpc) is 2.30. The van der Waals surface area contributed by atoms with Crippen molar-refractivity contribution in [3.63, 3.8) is 0 Å². The summed E-state index contributed by atoms with van der Waals surface area (Å²) in [5.41, 5.74) is 0.385. The van der Waals surface area contributed by atoms with E-state index in [2.05, 4.69) is 4.98 Å². The number of hydrogen-bond acceptors (Lipinski definition) is 3. The van der Waals surface area contributed by atoms with E-state index >= 15 is 0 Å². The molecule has 0 spiro atoms. The second-order valence-corrected chi connectivity index (χ2v) is 4.14. The van der Waals surface area contributed by atoms with Crippen molar-refractivity contribution in [1.29, 1.82) is 0 Å². The van der Waals surface area contributed by atoms with Crippen LogP contribution < -0.4 is 5.43 Å². The summed E-state index contributed by atoms with van der Waals surface area (Å²) in [6.45, 7) is 2.00. The summed E-state index contributed by atoms with van der Waals surface area (Å²) in [6, 6.07) is 4.26. The molecule has 5 heteroatoms. The van der Waals surface area contributed by atoms with Gasteiger partial charge in [-0.1, -0.05) is 13.3 Å². The van der Waals surface area contributed by atoms with Crippen LogP contribution in [0.3, 0.4) is 0 Å². The molecule has 0 saturated heterocycles. The summed E-state index contributed by atoms with van der Waals surface area (Å²) in [6.07, 6.45) is 1.65. The van der Waals surface area contributed by atoms with Crippen LogP contribution in [-0.2, 0) is 6.42 Å². The summed E-state index contributed by atoms with van der Waals surface area (Å²) < 4.78 is 0. The van der Waals surface area contributed by atoms with Gasteiger partial charge >= 0.3 is 5.97 Å². The van der Waals surface area contributed by atoms with E-state index in [9.17, 15) is 14.7 Å². The van der Waals surface area contributed by atoms with E-state index in [1.54, 1.807) is 12.1 Å². The van der Waals surface area contributed by atoms with Gasteiger partial charge in [0.25, 0.3) is 0 Å². The summed E-state index contributed by atoms with van der Waals surface area (Å²) in [5.74, 6) is -1.33. The zero-order valence-corrected chi connectivity index (χ0v) is 9.86. The lowest BCUT2D eigenvalue weighted by Crippen LogP contribution is -2.10. The Kier molecular flexibility index (Phi) is 3.06. The Bertz CT molecular complexity index is 672. The van der Waals surface area contributed by atoms with E-state index in [0.717, 1.165) is 24.5 Å². The van der Waals surface area contributed by atoms with Crippen LogP contribution >= 0.6 is 0 Å². The van der Waals surface area contributed by atoms with E-state index in [1.807, 2.05) is 6.92 Å². The average molecular weight is 247 g/mol. The second kappa shape index (κ2) is 4.52. The first kappa shape index (κ1) is 12.2. The molecule has 5 nitrogen and oxygen atoms in total. The highest BCUT2D eigenvalue weighted by atomic mass is 16.4. The lowest BCUT2D eigenvalue weighted by molar-refractivity contribution is 0.0691. The number of carboxylic acid groups (broad SMARTS) is 1. The number of nitrogens with one attached hydrogen (secondary N) is 1. The highest BCUT2D eigenvalue weighted by molar-refractivity contribution is 5.91. The number of aromatic hydroxyl groups is 1. The maximum absolute atomic E-state index is 11.8. The number of phenolic OH excluding ortho intramolecular Hbond substituents is 1. The minimum atomic E-state index is -1.23. The van der Waals surface area contributed by atoms with Crippen molar-refractivity contribution in [2.75, 3.05) is 0 Å². The van der Waals surface area contributed by atoms with E-state index in [0.29, 0.717) is 5.39 Å². The largest absolute Gasteiger partial charge is 0.506 e. The molecule has 3 N–H and O–H groups in total. The van der Waals surface area contributed by atoms with Crippen molar-refractivity contribution in [1.82, 2.24) is 4.98 Å². The molecular formula is C13H13NO4. The number of benzene rings is 1. The highest BCUT2D eigenvalue weighted by Gasteiger charge is 2.11. The molecule has 0 aliphatic carbocycles. The molecule has 0 aliphatic heterocycles.